The first kappa shape index (κ1) is 9.19. The summed E-state index contributed by atoms with van der Waals surface area (Å²) in [6, 6.07) is 0. The molecule has 1 unspecified atom stereocenters. The summed E-state index contributed by atoms with van der Waals surface area (Å²) in [6.45, 7) is 2.76. The third-order valence-corrected chi connectivity index (χ3v) is 1.71. The molecular weight excluding hydrogens is 136 g/mol. The number of nitrogens with two attached hydrogens (primary N) is 2. The predicted molar refractivity (Wildman–Crippen MR) is 41.4 cm³/mol. The lowest BCUT2D eigenvalue weighted by Crippen LogP contribution is -2.43. The zero-order valence-corrected chi connectivity index (χ0v) is 6.37. The Balaban J connectivity index is 2.95. The van der Waals surface area contributed by atoms with E-state index in [9.17, 15) is 0 Å². The van der Waals surface area contributed by atoms with Crippen molar-refractivity contribution in [2.45, 2.75) is 12.3 Å². The minimum atomic E-state index is 0.131. The molecule has 0 spiro atoms. The molecular formula is C4H14N4S. The van der Waals surface area contributed by atoms with Crippen LogP contribution in [0.15, 0.2) is 0 Å². The zero-order chi connectivity index (χ0) is 7.11. The standard InChI is InChI=1S/C4H14N4S/c1-2-9-4(5)3-7-8-6/h4,7-8H,2-3,5-6H2,1H3. The number of hydrogen-bond donors (Lipinski definition) is 4. The van der Waals surface area contributed by atoms with Gasteiger partial charge in [0.2, 0.25) is 0 Å². The summed E-state index contributed by atoms with van der Waals surface area (Å²) in [4.78, 5) is 0. The van der Waals surface area contributed by atoms with E-state index in [2.05, 4.69) is 17.9 Å². The van der Waals surface area contributed by atoms with E-state index >= 15 is 0 Å². The van der Waals surface area contributed by atoms with Gasteiger partial charge >= 0.3 is 0 Å². The Kier molecular flexibility index (Phi) is 6.45. The maximum atomic E-state index is 5.58. The fourth-order valence-electron chi connectivity index (χ4n) is 0.433. The Morgan fingerprint density at radius 2 is 2.33 bits per heavy atom. The largest absolute Gasteiger partial charge is 0.318 e. The van der Waals surface area contributed by atoms with Crippen LogP contribution in [0.25, 0.3) is 0 Å². The molecule has 0 aromatic heterocycles. The Hall–Kier alpha value is 0.190. The van der Waals surface area contributed by atoms with Crippen LogP contribution < -0.4 is 22.5 Å². The van der Waals surface area contributed by atoms with Gasteiger partial charge in [-0.25, -0.2) is 5.43 Å². The summed E-state index contributed by atoms with van der Waals surface area (Å²) >= 11 is 1.69. The second kappa shape index (κ2) is 6.31. The van der Waals surface area contributed by atoms with E-state index in [1.54, 1.807) is 11.8 Å². The average molecular weight is 150 g/mol. The number of rotatable bonds is 5. The topological polar surface area (TPSA) is 76.1 Å². The third-order valence-electron chi connectivity index (χ3n) is 0.786. The summed E-state index contributed by atoms with van der Waals surface area (Å²) in [6.07, 6.45) is 0. The summed E-state index contributed by atoms with van der Waals surface area (Å²) in [5.41, 5.74) is 10.6. The Morgan fingerprint density at radius 3 is 2.78 bits per heavy atom. The van der Waals surface area contributed by atoms with Gasteiger partial charge in [-0.1, -0.05) is 6.92 Å². The van der Waals surface area contributed by atoms with E-state index in [0.717, 1.165) is 5.75 Å². The molecule has 0 saturated carbocycles. The SMILES string of the molecule is CCSC(N)CNNN. The summed E-state index contributed by atoms with van der Waals surface area (Å²) in [5.74, 6) is 5.98. The highest BCUT2D eigenvalue weighted by molar-refractivity contribution is 7.99. The number of thioether (sulfide) groups is 1. The van der Waals surface area contributed by atoms with Crippen LogP contribution in [0.1, 0.15) is 6.92 Å². The van der Waals surface area contributed by atoms with Gasteiger partial charge in [0.25, 0.3) is 0 Å². The van der Waals surface area contributed by atoms with E-state index in [-0.39, 0.29) is 5.37 Å². The van der Waals surface area contributed by atoms with Crippen molar-refractivity contribution >= 4 is 11.8 Å². The molecule has 0 saturated heterocycles. The molecule has 1 atom stereocenters. The lowest BCUT2D eigenvalue weighted by molar-refractivity contribution is 0.550. The van der Waals surface area contributed by atoms with Gasteiger partial charge in [-0.3, -0.25) is 5.84 Å². The second-order valence-corrected chi connectivity index (χ2v) is 3.04. The second-order valence-electron chi connectivity index (χ2n) is 1.52. The van der Waals surface area contributed by atoms with Crippen LogP contribution >= 0.6 is 11.8 Å². The molecule has 0 aromatic rings. The normalized spacial score (nSPS) is 13.7. The maximum Gasteiger partial charge on any atom is 0.0648 e. The molecule has 0 rings (SSSR count). The number of hydrogen-bond acceptors (Lipinski definition) is 5. The van der Waals surface area contributed by atoms with Crippen molar-refractivity contribution in [2.24, 2.45) is 11.6 Å². The van der Waals surface area contributed by atoms with Gasteiger partial charge in [-0.15, -0.1) is 11.8 Å². The first-order valence-corrected chi connectivity index (χ1v) is 3.91. The molecule has 9 heavy (non-hydrogen) atoms. The van der Waals surface area contributed by atoms with Crippen molar-refractivity contribution < 1.29 is 0 Å². The number of hydrazine groups is 2. The van der Waals surface area contributed by atoms with Crippen LogP contribution in [0.2, 0.25) is 0 Å². The van der Waals surface area contributed by atoms with Gasteiger partial charge in [0.1, 0.15) is 0 Å². The van der Waals surface area contributed by atoms with E-state index in [0.29, 0.717) is 6.54 Å². The molecule has 0 radical (unpaired) electrons. The molecule has 6 N–H and O–H groups in total. The van der Waals surface area contributed by atoms with Crippen molar-refractivity contribution in [2.75, 3.05) is 12.3 Å². The lowest BCUT2D eigenvalue weighted by atomic mass is 10.7. The van der Waals surface area contributed by atoms with Gasteiger partial charge in [0.05, 0.1) is 5.37 Å². The molecule has 4 nitrogen and oxygen atoms in total. The predicted octanol–water partition coefficient (Wildman–Crippen LogP) is -1.01. The molecule has 0 aliphatic heterocycles. The fraction of sp³-hybridized carbons (Fsp3) is 1.00. The Morgan fingerprint density at radius 1 is 1.67 bits per heavy atom. The van der Waals surface area contributed by atoms with Gasteiger partial charge in [-0.05, 0) is 5.75 Å². The molecule has 0 aliphatic rings. The smallest absolute Gasteiger partial charge is 0.0648 e. The third kappa shape index (κ3) is 6.07. The van der Waals surface area contributed by atoms with Crippen molar-refractivity contribution in [3.63, 3.8) is 0 Å². The molecule has 0 fully saturated rings. The fourth-order valence-corrected chi connectivity index (χ4v) is 1.06. The van der Waals surface area contributed by atoms with Gasteiger partial charge in [0, 0.05) is 6.54 Å². The first-order valence-electron chi connectivity index (χ1n) is 2.87. The van der Waals surface area contributed by atoms with Crippen LogP contribution in [0, 0.1) is 0 Å². The van der Waals surface area contributed by atoms with Crippen LogP contribution in [-0.2, 0) is 0 Å². The average Bonchev–Trinajstić information content (AvgIpc) is 1.85. The van der Waals surface area contributed by atoms with Crippen molar-refractivity contribution in [3.05, 3.63) is 0 Å². The minimum Gasteiger partial charge on any atom is -0.318 e. The van der Waals surface area contributed by atoms with Crippen molar-refractivity contribution in [3.8, 4) is 0 Å². The number of nitrogens with one attached hydrogen (secondary N) is 2. The molecule has 0 aliphatic carbocycles. The van der Waals surface area contributed by atoms with Gasteiger partial charge in [-0.2, -0.15) is 5.53 Å². The molecule has 5 heteroatoms. The highest BCUT2D eigenvalue weighted by atomic mass is 32.2. The van der Waals surface area contributed by atoms with Crippen LogP contribution in [0.3, 0.4) is 0 Å². The molecule has 0 bridgehead atoms. The monoisotopic (exact) mass is 150 g/mol. The Labute approximate surface area is 59.7 Å². The molecule has 0 amide bonds. The Bertz CT molecular complexity index is 60.5. The highest BCUT2D eigenvalue weighted by Crippen LogP contribution is 2.01. The lowest BCUT2D eigenvalue weighted by Gasteiger charge is -2.09. The molecule has 0 heterocycles. The highest BCUT2D eigenvalue weighted by Gasteiger charge is 1.97. The van der Waals surface area contributed by atoms with E-state index in [1.807, 2.05) is 0 Å². The molecule has 0 aromatic carbocycles. The van der Waals surface area contributed by atoms with Gasteiger partial charge in [0.15, 0.2) is 0 Å². The molecule has 56 valence electrons. The first-order chi connectivity index (χ1) is 4.31. The summed E-state index contributed by atoms with van der Waals surface area (Å²) in [5, 5.41) is 0.131. The van der Waals surface area contributed by atoms with Crippen LogP contribution in [-0.4, -0.2) is 17.7 Å². The van der Waals surface area contributed by atoms with Gasteiger partial charge < -0.3 is 5.73 Å². The zero-order valence-electron chi connectivity index (χ0n) is 5.55. The minimum absolute atomic E-state index is 0.131. The van der Waals surface area contributed by atoms with E-state index in [4.69, 9.17) is 11.6 Å². The summed E-state index contributed by atoms with van der Waals surface area (Å²) < 4.78 is 0. The summed E-state index contributed by atoms with van der Waals surface area (Å²) in [7, 11) is 0. The van der Waals surface area contributed by atoms with Crippen LogP contribution in [0.4, 0.5) is 0 Å². The van der Waals surface area contributed by atoms with Crippen molar-refractivity contribution in [1.82, 2.24) is 11.0 Å². The van der Waals surface area contributed by atoms with Crippen molar-refractivity contribution in [1.29, 1.82) is 0 Å². The quantitative estimate of drug-likeness (QED) is 0.229. The van der Waals surface area contributed by atoms with E-state index in [1.165, 1.54) is 0 Å². The maximum absolute atomic E-state index is 5.58. The van der Waals surface area contributed by atoms with E-state index < -0.39 is 0 Å². The van der Waals surface area contributed by atoms with Crippen LogP contribution in [0.5, 0.6) is 0 Å².